The molecule has 0 saturated carbocycles. The zero-order valence-electron chi connectivity index (χ0n) is 16.6. The quantitative estimate of drug-likeness (QED) is 0.659. The molecule has 0 aliphatic carbocycles. The van der Waals surface area contributed by atoms with Gasteiger partial charge in [-0.3, -0.25) is 0 Å². The molecule has 28 heavy (non-hydrogen) atoms. The molecule has 1 aromatic carbocycles. The largest absolute Gasteiger partial charge is 0.244 e. The van der Waals surface area contributed by atoms with Gasteiger partial charge >= 0.3 is 0 Å². The molecule has 3 rings (SSSR count). The number of sulfonamides is 1. The summed E-state index contributed by atoms with van der Waals surface area (Å²) in [4.78, 5) is 0.196. The van der Waals surface area contributed by atoms with Gasteiger partial charge in [0.05, 0.1) is 17.1 Å². The number of nitrogens with one attached hydrogen (secondary N) is 1. The minimum Gasteiger partial charge on any atom is -0.216 e. The fraction of sp³-hybridized carbons (Fsp3) is 0.350. The monoisotopic (exact) mass is 399 g/mol. The minimum atomic E-state index is -3.61. The van der Waals surface area contributed by atoms with Crippen molar-refractivity contribution >= 4 is 10.0 Å². The lowest BCUT2D eigenvalue weighted by Gasteiger charge is -2.07. The number of aryl methyl sites for hydroxylation is 2. The average Bonchev–Trinajstić information content (AvgIpc) is 3.01. The van der Waals surface area contributed by atoms with E-state index in [0.717, 1.165) is 24.1 Å². The molecule has 3 aromatic rings. The third kappa shape index (κ3) is 3.98. The Morgan fingerprint density at radius 2 is 1.71 bits per heavy atom. The molecule has 2 aromatic heterocycles. The van der Waals surface area contributed by atoms with Gasteiger partial charge in [-0.1, -0.05) is 38.1 Å². The fourth-order valence-electron chi connectivity index (χ4n) is 3.05. The number of hydrogen-bond donors (Lipinski definition) is 1. The van der Waals surface area contributed by atoms with Crippen LogP contribution in [0.15, 0.2) is 41.3 Å². The Balaban J connectivity index is 1.93. The van der Waals surface area contributed by atoms with E-state index in [2.05, 4.69) is 39.1 Å². The van der Waals surface area contributed by atoms with Gasteiger partial charge in [0.1, 0.15) is 4.90 Å². The van der Waals surface area contributed by atoms with Gasteiger partial charge in [0.2, 0.25) is 10.0 Å². The van der Waals surface area contributed by atoms with Crippen molar-refractivity contribution in [2.24, 2.45) is 0 Å². The third-order valence-corrected chi connectivity index (χ3v) is 6.27. The summed E-state index contributed by atoms with van der Waals surface area (Å²) in [5.41, 5.74) is 3.95. The van der Waals surface area contributed by atoms with Gasteiger partial charge < -0.3 is 0 Å². The maximum absolute atomic E-state index is 12.6. The van der Waals surface area contributed by atoms with Gasteiger partial charge in [-0.25, -0.2) is 17.8 Å². The molecule has 1 N–H and O–H groups in total. The average molecular weight is 400 g/mol. The summed E-state index contributed by atoms with van der Waals surface area (Å²) < 4.78 is 29.3. The SMILES string of the molecule is CCCNS(=O)(=O)c1c(C)nn(-c2ccc(-c3ccc(CC)cc3)nn2)c1C. The Hall–Kier alpha value is -2.58. The molecule has 0 amide bonds. The molecule has 0 atom stereocenters. The highest BCUT2D eigenvalue weighted by Gasteiger charge is 2.25. The lowest BCUT2D eigenvalue weighted by atomic mass is 10.1. The zero-order valence-corrected chi connectivity index (χ0v) is 17.4. The van der Waals surface area contributed by atoms with Gasteiger partial charge in [0.25, 0.3) is 0 Å². The Bertz CT molecular complexity index is 1060. The van der Waals surface area contributed by atoms with Gasteiger partial charge in [-0.2, -0.15) is 5.10 Å². The van der Waals surface area contributed by atoms with Crippen LogP contribution >= 0.6 is 0 Å². The van der Waals surface area contributed by atoms with Crippen LogP contribution in [-0.2, 0) is 16.4 Å². The van der Waals surface area contributed by atoms with Gasteiger partial charge in [-0.15, -0.1) is 10.2 Å². The van der Waals surface area contributed by atoms with E-state index < -0.39 is 10.0 Å². The molecule has 0 radical (unpaired) electrons. The van der Waals surface area contributed by atoms with E-state index in [1.54, 1.807) is 19.9 Å². The standard InChI is InChI=1S/C20H25N5O2S/c1-5-13-21-28(26,27)20-14(3)24-25(15(20)4)19-12-11-18(22-23-19)17-9-7-16(6-2)8-10-17/h7-12,21H,5-6,13H2,1-4H3. The number of benzene rings is 1. The van der Waals surface area contributed by atoms with E-state index in [-0.39, 0.29) is 4.90 Å². The molecule has 0 fully saturated rings. The number of aromatic nitrogens is 4. The van der Waals surface area contributed by atoms with Crippen molar-refractivity contribution < 1.29 is 8.42 Å². The molecule has 0 bridgehead atoms. The smallest absolute Gasteiger partial charge is 0.216 e. The van der Waals surface area contributed by atoms with Gasteiger partial charge in [0.15, 0.2) is 5.82 Å². The first-order chi connectivity index (χ1) is 13.4. The van der Waals surface area contributed by atoms with Crippen LogP contribution in [-0.4, -0.2) is 34.9 Å². The van der Waals surface area contributed by atoms with Crippen molar-refractivity contribution in [2.75, 3.05) is 6.54 Å². The first-order valence-corrected chi connectivity index (χ1v) is 10.8. The Labute approximate surface area is 165 Å². The summed E-state index contributed by atoms with van der Waals surface area (Å²) >= 11 is 0. The second kappa shape index (κ2) is 8.20. The molecule has 7 nitrogen and oxygen atoms in total. The molecule has 0 aliphatic rings. The van der Waals surface area contributed by atoms with Crippen molar-refractivity contribution in [1.82, 2.24) is 24.7 Å². The second-order valence-electron chi connectivity index (χ2n) is 6.64. The van der Waals surface area contributed by atoms with Crippen molar-refractivity contribution in [2.45, 2.75) is 45.4 Å². The molecule has 2 heterocycles. The van der Waals surface area contributed by atoms with Gasteiger partial charge in [0, 0.05) is 12.1 Å². The molecular formula is C20H25N5O2S. The van der Waals surface area contributed by atoms with Crippen molar-refractivity contribution in [3.63, 3.8) is 0 Å². The molecule has 0 aliphatic heterocycles. The summed E-state index contributed by atoms with van der Waals surface area (Å²) in [6.45, 7) is 7.82. The fourth-order valence-corrected chi connectivity index (χ4v) is 4.57. The van der Waals surface area contributed by atoms with Crippen LogP contribution in [0, 0.1) is 13.8 Å². The summed E-state index contributed by atoms with van der Waals surface area (Å²) in [6.07, 6.45) is 1.71. The summed E-state index contributed by atoms with van der Waals surface area (Å²) in [5.74, 6) is 0.478. The van der Waals surface area contributed by atoms with Crippen molar-refractivity contribution in [1.29, 1.82) is 0 Å². The van der Waals surface area contributed by atoms with E-state index in [4.69, 9.17) is 0 Å². The first kappa shape index (κ1) is 20.2. The zero-order chi connectivity index (χ0) is 20.3. The van der Waals surface area contributed by atoms with E-state index >= 15 is 0 Å². The van der Waals surface area contributed by atoms with Crippen LogP contribution in [0.5, 0.6) is 0 Å². The van der Waals surface area contributed by atoms with Crippen molar-refractivity contribution in [3.05, 3.63) is 53.3 Å². The maximum atomic E-state index is 12.6. The van der Waals surface area contributed by atoms with E-state index in [0.29, 0.717) is 23.8 Å². The van der Waals surface area contributed by atoms with E-state index in [9.17, 15) is 8.42 Å². The third-order valence-electron chi connectivity index (χ3n) is 4.56. The Kier molecular flexibility index (Phi) is 5.90. The minimum absolute atomic E-state index is 0.196. The normalized spacial score (nSPS) is 11.7. The van der Waals surface area contributed by atoms with Gasteiger partial charge in [-0.05, 0) is 44.4 Å². The summed E-state index contributed by atoms with van der Waals surface area (Å²) in [6, 6.07) is 11.9. The lowest BCUT2D eigenvalue weighted by molar-refractivity contribution is 0.579. The van der Waals surface area contributed by atoms with Crippen LogP contribution in [0.3, 0.4) is 0 Å². The molecule has 0 spiro atoms. The summed E-state index contributed by atoms with van der Waals surface area (Å²) in [7, 11) is -3.61. The second-order valence-corrected chi connectivity index (χ2v) is 8.34. The predicted octanol–water partition coefficient (Wildman–Crippen LogP) is 3.20. The summed E-state index contributed by atoms with van der Waals surface area (Å²) in [5, 5.41) is 12.9. The predicted molar refractivity (Wildman–Crippen MR) is 109 cm³/mol. The highest BCUT2D eigenvalue weighted by Crippen LogP contribution is 2.23. The van der Waals surface area contributed by atoms with Crippen LogP contribution in [0.25, 0.3) is 17.1 Å². The topological polar surface area (TPSA) is 89.8 Å². The molecule has 8 heteroatoms. The first-order valence-electron chi connectivity index (χ1n) is 9.36. The number of rotatable bonds is 7. The van der Waals surface area contributed by atoms with Crippen LogP contribution in [0.4, 0.5) is 0 Å². The molecular weight excluding hydrogens is 374 g/mol. The Morgan fingerprint density at radius 3 is 2.29 bits per heavy atom. The lowest BCUT2D eigenvalue weighted by Crippen LogP contribution is -2.25. The van der Waals surface area contributed by atoms with E-state index in [1.807, 2.05) is 25.1 Å². The molecule has 0 saturated heterocycles. The van der Waals surface area contributed by atoms with Crippen LogP contribution < -0.4 is 4.72 Å². The number of nitrogens with zero attached hydrogens (tertiary/aromatic N) is 4. The van der Waals surface area contributed by atoms with E-state index in [1.165, 1.54) is 10.2 Å². The number of hydrogen-bond acceptors (Lipinski definition) is 5. The van der Waals surface area contributed by atoms with Crippen molar-refractivity contribution in [3.8, 4) is 17.1 Å². The van der Waals surface area contributed by atoms with Crippen LogP contribution in [0.1, 0.15) is 37.2 Å². The molecule has 0 unspecified atom stereocenters. The Morgan fingerprint density at radius 1 is 1.00 bits per heavy atom. The molecule has 148 valence electrons. The van der Waals surface area contributed by atoms with Crippen LogP contribution in [0.2, 0.25) is 0 Å². The highest BCUT2D eigenvalue weighted by atomic mass is 32.2. The maximum Gasteiger partial charge on any atom is 0.244 e. The highest BCUT2D eigenvalue weighted by molar-refractivity contribution is 7.89.